The van der Waals surface area contributed by atoms with E-state index in [1.54, 1.807) is 6.92 Å². The minimum absolute atomic E-state index is 0.165. The van der Waals surface area contributed by atoms with Gasteiger partial charge in [0, 0.05) is 6.42 Å². The van der Waals surface area contributed by atoms with E-state index in [1.165, 1.54) is 6.92 Å². The van der Waals surface area contributed by atoms with Crippen LogP contribution in [0.3, 0.4) is 0 Å². The summed E-state index contributed by atoms with van der Waals surface area (Å²) in [7, 11) is 0. The van der Waals surface area contributed by atoms with E-state index >= 15 is 0 Å². The zero-order valence-electron chi connectivity index (χ0n) is 20.1. The van der Waals surface area contributed by atoms with E-state index < -0.39 is 47.9 Å². The summed E-state index contributed by atoms with van der Waals surface area (Å²) in [5.74, 6) is -2.82. The predicted molar refractivity (Wildman–Crippen MR) is 126 cm³/mol. The normalized spacial score (nSPS) is 15.6. The zero-order chi connectivity index (χ0) is 25.1. The lowest BCUT2D eigenvalue weighted by molar-refractivity contribution is -0.143. The summed E-state index contributed by atoms with van der Waals surface area (Å²) in [6.07, 6.45) is 1.21. The molecule has 6 N–H and O–H groups in total. The molecule has 9 nitrogen and oxygen atoms in total. The Labute approximate surface area is 195 Å². The molecule has 0 aliphatic carbocycles. The molecule has 33 heavy (non-hydrogen) atoms. The van der Waals surface area contributed by atoms with Gasteiger partial charge in [-0.15, -0.1) is 0 Å². The molecule has 1 aromatic carbocycles. The van der Waals surface area contributed by atoms with Crippen molar-refractivity contribution in [2.75, 3.05) is 0 Å². The van der Waals surface area contributed by atoms with Crippen LogP contribution < -0.4 is 21.7 Å². The van der Waals surface area contributed by atoms with E-state index in [-0.39, 0.29) is 18.3 Å². The average Bonchev–Trinajstić information content (AvgIpc) is 2.76. The third-order valence-corrected chi connectivity index (χ3v) is 5.51. The van der Waals surface area contributed by atoms with Gasteiger partial charge in [-0.05, 0) is 30.7 Å². The number of carboxylic acids is 1. The number of carboxylic acid groups (broad SMARTS) is 1. The van der Waals surface area contributed by atoms with Crippen molar-refractivity contribution in [2.45, 2.75) is 78.0 Å². The summed E-state index contributed by atoms with van der Waals surface area (Å²) >= 11 is 0. The van der Waals surface area contributed by atoms with E-state index in [9.17, 15) is 24.3 Å². The van der Waals surface area contributed by atoms with Crippen molar-refractivity contribution in [3.05, 3.63) is 35.9 Å². The average molecular weight is 463 g/mol. The highest BCUT2D eigenvalue weighted by molar-refractivity contribution is 5.94. The first kappa shape index (κ1) is 28.1. The lowest BCUT2D eigenvalue weighted by Crippen LogP contribution is -2.57. The smallest absolute Gasteiger partial charge is 0.326 e. The van der Waals surface area contributed by atoms with Crippen molar-refractivity contribution in [1.29, 1.82) is 0 Å². The highest BCUT2D eigenvalue weighted by Crippen LogP contribution is 2.10. The Balaban J connectivity index is 2.95. The minimum Gasteiger partial charge on any atom is -0.480 e. The zero-order valence-corrected chi connectivity index (χ0v) is 20.1. The van der Waals surface area contributed by atoms with Gasteiger partial charge in [0.15, 0.2) is 0 Å². The van der Waals surface area contributed by atoms with E-state index in [2.05, 4.69) is 16.0 Å². The third-order valence-electron chi connectivity index (χ3n) is 5.51. The van der Waals surface area contributed by atoms with Crippen molar-refractivity contribution >= 4 is 23.7 Å². The predicted octanol–water partition coefficient (Wildman–Crippen LogP) is 1.21. The molecular formula is C24H38N4O5. The summed E-state index contributed by atoms with van der Waals surface area (Å²) in [6, 6.07) is 5.31. The van der Waals surface area contributed by atoms with Gasteiger partial charge in [0.25, 0.3) is 0 Å². The second-order valence-corrected chi connectivity index (χ2v) is 8.93. The third kappa shape index (κ3) is 9.61. The van der Waals surface area contributed by atoms with Crippen LogP contribution in [0.4, 0.5) is 0 Å². The van der Waals surface area contributed by atoms with Gasteiger partial charge in [-0.3, -0.25) is 14.4 Å². The van der Waals surface area contributed by atoms with Gasteiger partial charge < -0.3 is 26.8 Å². The molecule has 5 atom stereocenters. The number of carbonyl (C=O) groups excluding carboxylic acids is 3. The fourth-order valence-corrected chi connectivity index (χ4v) is 3.29. The number of benzene rings is 1. The maximum Gasteiger partial charge on any atom is 0.326 e. The van der Waals surface area contributed by atoms with E-state index in [1.807, 2.05) is 51.1 Å². The van der Waals surface area contributed by atoms with Crippen LogP contribution >= 0.6 is 0 Å². The van der Waals surface area contributed by atoms with Crippen molar-refractivity contribution in [3.8, 4) is 0 Å². The number of rotatable bonds is 13. The summed E-state index contributed by atoms with van der Waals surface area (Å²) in [5.41, 5.74) is 6.67. The van der Waals surface area contributed by atoms with Crippen LogP contribution in [-0.4, -0.2) is 53.0 Å². The van der Waals surface area contributed by atoms with Crippen LogP contribution in [0, 0.1) is 11.8 Å². The number of nitrogens with one attached hydrogen (secondary N) is 3. The molecule has 0 aliphatic rings. The molecule has 3 amide bonds. The fourth-order valence-electron chi connectivity index (χ4n) is 3.29. The van der Waals surface area contributed by atoms with E-state index in [0.717, 1.165) is 5.56 Å². The van der Waals surface area contributed by atoms with Gasteiger partial charge in [0.1, 0.15) is 18.1 Å². The summed E-state index contributed by atoms with van der Waals surface area (Å²) in [6.45, 7) is 8.97. The molecule has 1 aromatic rings. The van der Waals surface area contributed by atoms with Gasteiger partial charge in [-0.25, -0.2) is 4.79 Å². The van der Waals surface area contributed by atoms with Crippen LogP contribution in [0.15, 0.2) is 30.3 Å². The second-order valence-electron chi connectivity index (χ2n) is 8.93. The molecule has 0 saturated carbocycles. The van der Waals surface area contributed by atoms with E-state index in [0.29, 0.717) is 12.8 Å². The monoisotopic (exact) mass is 462 g/mol. The maximum absolute atomic E-state index is 13.0. The van der Waals surface area contributed by atoms with Gasteiger partial charge >= 0.3 is 5.97 Å². The van der Waals surface area contributed by atoms with Gasteiger partial charge in [-0.1, -0.05) is 64.4 Å². The fraction of sp³-hybridized carbons (Fsp3) is 0.583. The molecule has 0 saturated heterocycles. The maximum atomic E-state index is 13.0. The van der Waals surface area contributed by atoms with Crippen molar-refractivity contribution in [2.24, 2.45) is 17.6 Å². The second kappa shape index (κ2) is 13.6. The van der Waals surface area contributed by atoms with Crippen LogP contribution in [0.25, 0.3) is 0 Å². The molecule has 0 radical (unpaired) electrons. The summed E-state index contributed by atoms with van der Waals surface area (Å²) in [5, 5.41) is 17.3. The Morgan fingerprint density at radius 2 is 1.52 bits per heavy atom. The summed E-state index contributed by atoms with van der Waals surface area (Å²) in [4.78, 5) is 49.7. The first-order valence-electron chi connectivity index (χ1n) is 11.4. The lowest BCUT2D eigenvalue weighted by Gasteiger charge is -2.26. The molecule has 1 rings (SSSR count). The molecule has 0 aliphatic heterocycles. The van der Waals surface area contributed by atoms with Crippen LogP contribution in [0.2, 0.25) is 0 Å². The van der Waals surface area contributed by atoms with Crippen LogP contribution in [0.1, 0.15) is 53.0 Å². The van der Waals surface area contributed by atoms with Crippen LogP contribution in [0.5, 0.6) is 0 Å². The quantitative estimate of drug-likeness (QED) is 0.297. The molecule has 0 spiro atoms. The molecule has 5 unspecified atom stereocenters. The molecule has 0 aromatic heterocycles. The van der Waals surface area contributed by atoms with E-state index in [4.69, 9.17) is 5.73 Å². The Kier molecular flexibility index (Phi) is 11.6. The Bertz CT molecular complexity index is 799. The van der Waals surface area contributed by atoms with Gasteiger partial charge in [0.05, 0.1) is 6.04 Å². The highest BCUT2D eigenvalue weighted by atomic mass is 16.4. The van der Waals surface area contributed by atoms with Crippen LogP contribution in [-0.2, 0) is 25.6 Å². The molecule has 9 heteroatoms. The van der Waals surface area contributed by atoms with Crippen molar-refractivity contribution in [3.63, 3.8) is 0 Å². The SMILES string of the molecule is CCC(C)C(NC(=O)C(Cc1ccccc1)NC(=O)C(C)NC(=O)C(N)CC(C)C)C(=O)O. The standard InChI is InChI=1S/C24H38N4O5/c1-6-15(4)20(24(32)33)28-23(31)19(13-17-10-8-7-9-11-17)27-21(29)16(5)26-22(30)18(25)12-14(2)3/h7-11,14-16,18-20H,6,12-13,25H2,1-5H3,(H,26,30)(H,27,29)(H,28,31)(H,32,33). The number of hydrogen-bond donors (Lipinski definition) is 5. The number of hydrogen-bond acceptors (Lipinski definition) is 5. The van der Waals surface area contributed by atoms with Crippen molar-refractivity contribution in [1.82, 2.24) is 16.0 Å². The lowest BCUT2D eigenvalue weighted by atomic mass is 9.98. The number of amides is 3. The summed E-state index contributed by atoms with van der Waals surface area (Å²) < 4.78 is 0. The first-order chi connectivity index (χ1) is 15.5. The Hall–Kier alpha value is -2.94. The molecule has 0 fully saturated rings. The highest BCUT2D eigenvalue weighted by Gasteiger charge is 2.31. The number of aliphatic carboxylic acids is 1. The molecular weight excluding hydrogens is 424 g/mol. The van der Waals surface area contributed by atoms with Gasteiger partial charge in [-0.2, -0.15) is 0 Å². The number of nitrogens with two attached hydrogens (primary N) is 1. The minimum atomic E-state index is -1.14. The molecule has 184 valence electrons. The Morgan fingerprint density at radius 1 is 0.909 bits per heavy atom. The van der Waals surface area contributed by atoms with Gasteiger partial charge in [0.2, 0.25) is 17.7 Å². The topological polar surface area (TPSA) is 151 Å². The first-order valence-corrected chi connectivity index (χ1v) is 11.4. The molecule has 0 bridgehead atoms. The van der Waals surface area contributed by atoms with Crippen molar-refractivity contribution < 1.29 is 24.3 Å². The molecule has 0 heterocycles. The largest absolute Gasteiger partial charge is 0.480 e. The Morgan fingerprint density at radius 3 is 2.03 bits per heavy atom. The number of carbonyl (C=O) groups is 4.